The second-order valence-electron chi connectivity index (χ2n) is 4.99. The zero-order valence-electron chi connectivity index (χ0n) is 14.1. The normalized spacial score (nSPS) is 10.4. The molecule has 1 aromatic rings. The Labute approximate surface area is 132 Å². The van der Waals surface area contributed by atoms with E-state index in [2.05, 4.69) is 4.98 Å². The van der Waals surface area contributed by atoms with Crippen LogP contribution >= 0.6 is 0 Å². The van der Waals surface area contributed by atoms with Crippen LogP contribution in [0.4, 0.5) is 0 Å². The molecule has 5 heteroatoms. The number of hydrogen-bond donors (Lipinski definition) is 0. The molecule has 0 aliphatic carbocycles. The van der Waals surface area contributed by atoms with Gasteiger partial charge in [0.05, 0.1) is 12.3 Å². The number of carbonyl (C=O) groups is 1. The molecule has 0 fully saturated rings. The predicted octanol–water partition coefficient (Wildman–Crippen LogP) is 3.73. The quantitative estimate of drug-likeness (QED) is 0.626. The lowest BCUT2D eigenvalue weighted by Crippen LogP contribution is -2.23. The molecule has 0 atom stereocenters. The van der Waals surface area contributed by atoms with Crippen LogP contribution in [-0.2, 0) is 9.53 Å². The molecule has 22 heavy (non-hydrogen) atoms. The smallest absolute Gasteiger partial charge is 0.330 e. The lowest BCUT2D eigenvalue weighted by atomic mass is 10.2. The Morgan fingerprint density at radius 3 is 2.50 bits per heavy atom. The Morgan fingerprint density at radius 1 is 1.36 bits per heavy atom. The lowest BCUT2D eigenvalue weighted by Gasteiger charge is -2.21. The van der Waals surface area contributed by atoms with Gasteiger partial charge in [0.1, 0.15) is 11.7 Å². The second kappa shape index (κ2) is 9.56. The maximum absolute atomic E-state index is 11.2. The van der Waals surface area contributed by atoms with Crippen molar-refractivity contribution in [1.29, 1.82) is 5.26 Å². The van der Waals surface area contributed by atoms with E-state index in [1.54, 1.807) is 19.1 Å². The van der Waals surface area contributed by atoms with Gasteiger partial charge in [-0.15, -0.1) is 0 Å². The first-order valence-corrected chi connectivity index (χ1v) is 7.30. The molecule has 0 spiro atoms. The van der Waals surface area contributed by atoms with Crippen molar-refractivity contribution in [3.8, 4) is 11.8 Å². The van der Waals surface area contributed by atoms with Crippen molar-refractivity contribution >= 4 is 12.0 Å². The number of hydrogen-bond acceptors (Lipinski definition) is 5. The first-order valence-electron chi connectivity index (χ1n) is 7.30. The van der Waals surface area contributed by atoms with E-state index in [9.17, 15) is 4.79 Å². The Balaban J connectivity index is 0.00000211. The molecule has 5 nitrogen and oxygen atoms in total. The molecule has 0 saturated heterocycles. The Hall–Kier alpha value is -2.35. The fourth-order valence-electron chi connectivity index (χ4n) is 1.39. The van der Waals surface area contributed by atoms with Crippen molar-refractivity contribution in [3.63, 3.8) is 0 Å². The maximum atomic E-state index is 11.2. The molecule has 0 aliphatic rings. The van der Waals surface area contributed by atoms with Crippen LogP contribution < -0.4 is 4.74 Å². The summed E-state index contributed by atoms with van der Waals surface area (Å²) in [5, 5.41) is 9.09. The van der Waals surface area contributed by atoms with Crippen LogP contribution in [0.5, 0.6) is 5.75 Å². The highest BCUT2D eigenvalue weighted by Crippen LogP contribution is 2.21. The SMILES string of the molecule is CC.CCOC(=O)/C=C/c1ccc(OC(C)(C)C)c(C#N)n1. The highest BCUT2D eigenvalue weighted by molar-refractivity contribution is 5.86. The highest BCUT2D eigenvalue weighted by Gasteiger charge is 2.15. The molecule has 0 amide bonds. The van der Waals surface area contributed by atoms with E-state index in [1.165, 1.54) is 12.2 Å². The van der Waals surface area contributed by atoms with Crippen molar-refractivity contribution < 1.29 is 14.3 Å². The molecule has 0 bridgehead atoms. The van der Waals surface area contributed by atoms with Gasteiger partial charge in [-0.05, 0) is 45.9 Å². The first-order chi connectivity index (χ1) is 10.4. The summed E-state index contributed by atoms with van der Waals surface area (Å²) >= 11 is 0. The molecule has 1 aromatic heterocycles. The molecule has 120 valence electrons. The summed E-state index contributed by atoms with van der Waals surface area (Å²) in [6.07, 6.45) is 2.77. The van der Waals surface area contributed by atoms with Crippen LogP contribution in [0.2, 0.25) is 0 Å². The van der Waals surface area contributed by atoms with Crippen molar-refractivity contribution in [3.05, 3.63) is 29.6 Å². The zero-order chi connectivity index (χ0) is 17.2. The summed E-state index contributed by atoms with van der Waals surface area (Å²) in [5.74, 6) is -0.0175. The fourth-order valence-corrected chi connectivity index (χ4v) is 1.39. The van der Waals surface area contributed by atoms with Crippen LogP contribution in [0.1, 0.15) is 52.9 Å². The molecule has 0 aromatic carbocycles. The summed E-state index contributed by atoms with van der Waals surface area (Å²) < 4.78 is 10.4. The second-order valence-corrected chi connectivity index (χ2v) is 4.99. The average molecular weight is 304 g/mol. The Morgan fingerprint density at radius 2 is 2.00 bits per heavy atom. The number of esters is 1. The number of pyridine rings is 1. The molecule has 0 unspecified atom stereocenters. The Bertz CT molecular complexity index is 552. The summed E-state index contributed by atoms with van der Waals surface area (Å²) in [4.78, 5) is 15.3. The van der Waals surface area contributed by atoms with E-state index in [1.807, 2.05) is 40.7 Å². The number of aromatic nitrogens is 1. The summed E-state index contributed by atoms with van der Waals surface area (Å²) in [7, 11) is 0. The highest BCUT2D eigenvalue weighted by atomic mass is 16.5. The minimum Gasteiger partial charge on any atom is -0.485 e. The summed E-state index contributed by atoms with van der Waals surface area (Å²) in [5.41, 5.74) is 0.275. The molecule has 1 rings (SSSR count). The van der Waals surface area contributed by atoms with Crippen LogP contribution in [-0.4, -0.2) is 23.2 Å². The van der Waals surface area contributed by atoms with Crippen LogP contribution in [0.3, 0.4) is 0 Å². The van der Waals surface area contributed by atoms with Crippen molar-refractivity contribution in [2.24, 2.45) is 0 Å². The van der Waals surface area contributed by atoms with Gasteiger partial charge >= 0.3 is 5.97 Å². The Kier molecular flexibility index (Phi) is 8.54. The fraction of sp³-hybridized carbons (Fsp3) is 0.471. The van der Waals surface area contributed by atoms with Gasteiger partial charge in [-0.25, -0.2) is 9.78 Å². The van der Waals surface area contributed by atoms with Crippen LogP contribution in [0.25, 0.3) is 6.08 Å². The minimum atomic E-state index is -0.442. The molecule has 0 aliphatic heterocycles. The maximum Gasteiger partial charge on any atom is 0.330 e. The van der Waals surface area contributed by atoms with Crippen molar-refractivity contribution in [1.82, 2.24) is 4.98 Å². The number of rotatable bonds is 4. The number of nitrogens with zero attached hydrogens (tertiary/aromatic N) is 2. The van der Waals surface area contributed by atoms with Gasteiger partial charge in [0.15, 0.2) is 11.4 Å². The van der Waals surface area contributed by atoms with Gasteiger partial charge in [-0.1, -0.05) is 13.8 Å². The predicted molar refractivity (Wildman–Crippen MR) is 86.3 cm³/mol. The summed E-state index contributed by atoms with van der Waals surface area (Å²) in [6, 6.07) is 5.33. The number of nitriles is 1. The van der Waals surface area contributed by atoms with Gasteiger partial charge in [0.25, 0.3) is 0 Å². The van der Waals surface area contributed by atoms with Gasteiger partial charge in [0.2, 0.25) is 0 Å². The minimum absolute atomic E-state index is 0.186. The van der Waals surface area contributed by atoms with Gasteiger partial charge in [0, 0.05) is 6.08 Å². The number of carbonyl (C=O) groups excluding carboxylic acids is 1. The largest absolute Gasteiger partial charge is 0.485 e. The molecular formula is C17H24N2O3. The molecule has 0 saturated carbocycles. The van der Waals surface area contributed by atoms with E-state index in [0.29, 0.717) is 18.1 Å². The third-order valence-electron chi connectivity index (χ3n) is 2.08. The van der Waals surface area contributed by atoms with Gasteiger partial charge < -0.3 is 9.47 Å². The number of ether oxygens (including phenoxy) is 2. The molecular weight excluding hydrogens is 280 g/mol. The van der Waals surface area contributed by atoms with Gasteiger partial charge in [-0.2, -0.15) is 5.26 Å². The van der Waals surface area contributed by atoms with Crippen LogP contribution in [0.15, 0.2) is 18.2 Å². The van der Waals surface area contributed by atoms with E-state index < -0.39 is 11.6 Å². The molecule has 0 N–H and O–H groups in total. The van der Waals surface area contributed by atoms with E-state index >= 15 is 0 Å². The van der Waals surface area contributed by atoms with Crippen LogP contribution in [0, 0.1) is 11.3 Å². The first kappa shape index (κ1) is 19.7. The monoisotopic (exact) mass is 304 g/mol. The topological polar surface area (TPSA) is 72.2 Å². The third-order valence-corrected chi connectivity index (χ3v) is 2.08. The standard InChI is InChI=1S/C15H18N2O3.C2H6/c1-5-19-14(18)9-7-11-6-8-13(12(10-16)17-11)20-15(2,3)4;1-2/h6-9H,5H2,1-4H3;1-2H3/b9-7+;. The summed E-state index contributed by atoms with van der Waals surface area (Å²) in [6.45, 7) is 11.7. The van der Waals surface area contributed by atoms with E-state index in [-0.39, 0.29) is 5.69 Å². The van der Waals surface area contributed by atoms with Crippen molar-refractivity contribution in [2.45, 2.75) is 47.1 Å². The van der Waals surface area contributed by atoms with Gasteiger partial charge in [-0.3, -0.25) is 0 Å². The van der Waals surface area contributed by atoms with Crippen molar-refractivity contribution in [2.75, 3.05) is 6.61 Å². The van der Waals surface area contributed by atoms with E-state index in [4.69, 9.17) is 14.7 Å². The van der Waals surface area contributed by atoms with E-state index in [0.717, 1.165) is 0 Å². The lowest BCUT2D eigenvalue weighted by molar-refractivity contribution is -0.137. The average Bonchev–Trinajstić information content (AvgIpc) is 2.47. The molecule has 1 heterocycles. The molecule has 0 radical (unpaired) electrons. The third kappa shape index (κ3) is 7.44. The zero-order valence-corrected chi connectivity index (χ0v) is 14.1.